The van der Waals surface area contributed by atoms with Gasteiger partial charge in [-0.15, -0.1) is 13.2 Å². The minimum absolute atomic E-state index is 0.0982. The molecule has 2 aliphatic rings. The number of fused-ring (bicyclic) bond motifs is 1. The first-order valence-corrected chi connectivity index (χ1v) is 12.1. The van der Waals surface area contributed by atoms with Gasteiger partial charge in [0.1, 0.15) is 17.2 Å². The van der Waals surface area contributed by atoms with Crippen LogP contribution in [0.3, 0.4) is 0 Å². The number of amides is 2. The molecule has 2 aromatic rings. The topological polar surface area (TPSA) is 105 Å². The molecule has 36 heavy (non-hydrogen) atoms. The third kappa shape index (κ3) is 4.80. The van der Waals surface area contributed by atoms with Crippen molar-refractivity contribution in [2.75, 3.05) is 4.90 Å². The summed E-state index contributed by atoms with van der Waals surface area (Å²) < 4.78 is 82.7. The molecular formula is C23H21F4N3O5S. The Morgan fingerprint density at radius 1 is 1.11 bits per heavy atom. The molecule has 0 unspecified atom stereocenters. The minimum Gasteiger partial charge on any atom is -0.406 e. The van der Waals surface area contributed by atoms with Crippen molar-refractivity contribution < 1.29 is 40.3 Å². The zero-order valence-corrected chi connectivity index (χ0v) is 20.1. The van der Waals surface area contributed by atoms with Crippen LogP contribution < -0.4 is 19.7 Å². The van der Waals surface area contributed by atoms with Crippen LogP contribution >= 0.6 is 0 Å². The van der Waals surface area contributed by atoms with E-state index in [0.717, 1.165) is 28.5 Å². The lowest BCUT2D eigenvalue weighted by atomic mass is 9.85. The summed E-state index contributed by atoms with van der Waals surface area (Å²) in [6.45, 7) is 4.56. The van der Waals surface area contributed by atoms with E-state index in [1.165, 1.54) is 45.0 Å². The Morgan fingerprint density at radius 3 is 2.44 bits per heavy atom. The number of alkyl halides is 3. The van der Waals surface area contributed by atoms with Gasteiger partial charge in [0.05, 0.1) is 16.8 Å². The summed E-state index contributed by atoms with van der Waals surface area (Å²) in [6.07, 6.45) is -3.42. The molecule has 8 nitrogen and oxygen atoms in total. The van der Waals surface area contributed by atoms with E-state index in [9.17, 15) is 35.6 Å². The molecule has 2 N–H and O–H groups in total. The summed E-state index contributed by atoms with van der Waals surface area (Å²) >= 11 is 0. The number of hydrogen-bond acceptors (Lipinski definition) is 5. The van der Waals surface area contributed by atoms with Gasteiger partial charge in [-0.25, -0.2) is 12.8 Å². The second-order valence-corrected chi connectivity index (χ2v) is 10.7. The van der Waals surface area contributed by atoms with Gasteiger partial charge in [-0.05, 0) is 56.7 Å². The fraction of sp³-hybridized carbons (Fsp3) is 0.304. The van der Waals surface area contributed by atoms with Gasteiger partial charge >= 0.3 is 6.36 Å². The molecule has 0 aromatic heterocycles. The van der Waals surface area contributed by atoms with Crippen molar-refractivity contribution in [3.63, 3.8) is 0 Å². The van der Waals surface area contributed by atoms with Gasteiger partial charge in [-0.3, -0.25) is 14.5 Å². The number of sulfonamides is 1. The molecule has 0 spiro atoms. The fourth-order valence-electron chi connectivity index (χ4n) is 4.18. The highest BCUT2D eigenvalue weighted by Gasteiger charge is 2.46. The maximum Gasteiger partial charge on any atom is 0.573 e. The van der Waals surface area contributed by atoms with Gasteiger partial charge in [-0.2, -0.15) is 4.72 Å². The standard InChI is InChI=1S/C23H21F4N3O5S/c1-21(2)15-11-13(19(31)28-22(3)9-4-10-36(33,34)29-22)5-8-17(15)30(20(21)32)18-12-14(6-7-16(18)24)35-23(25,26)27/h4-8,10-12,29H,9H2,1-3H3,(H,28,31)/t22-/m1/s1. The van der Waals surface area contributed by atoms with Crippen molar-refractivity contribution in [3.8, 4) is 5.75 Å². The molecule has 0 radical (unpaired) electrons. The van der Waals surface area contributed by atoms with E-state index >= 15 is 0 Å². The number of rotatable bonds is 4. The largest absolute Gasteiger partial charge is 0.573 e. The van der Waals surface area contributed by atoms with Crippen molar-refractivity contribution in [1.29, 1.82) is 0 Å². The molecule has 1 atom stereocenters. The van der Waals surface area contributed by atoms with E-state index in [1.807, 2.05) is 0 Å². The molecule has 192 valence electrons. The van der Waals surface area contributed by atoms with Crippen LogP contribution in [0.2, 0.25) is 0 Å². The first-order valence-electron chi connectivity index (χ1n) is 10.6. The van der Waals surface area contributed by atoms with Gasteiger partial charge < -0.3 is 10.1 Å². The second-order valence-electron chi connectivity index (χ2n) is 9.17. The Labute approximate surface area is 204 Å². The molecule has 2 aliphatic heterocycles. The number of carbonyl (C=O) groups excluding carboxylic acids is 2. The van der Waals surface area contributed by atoms with Crippen molar-refractivity contribution in [1.82, 2.24) is 10.0 Å². The molecule has 0 bridgehead atoms. The number of carbonyl (C=O) groups is 2. The van der Waals surface area contributed by atoms with Crippen molar-refractivity contribution in [3.05, 3.63) is 64.8 Å². The summed E-state index contributed by atoms with van der Waals surface area (Å²) in [5.41, 5.74) is -2.39. The predicted molar refractivity (Wildman–Crippen MR) is 121 cm³/mol. The number of nitrogens with zero attached hydrogens (tertiary/aromatic N) is 1. The van der Waals surface area contributed by atoms with E-state index < -0.39 is 56.5 Å². The lowest BCUT2D eigenvalue weighted by Crippen LogP contribution is -2.59. The molecule has 13 heteroatoms. The Kier molecular flexibility index (Phi) is 5.91. The first kappa shape index (κ1) is 25.6. The quantitative estimate of drug-likeness (QED) is 0.586. The summed E-state index contributed by atoms with van der Waals surface area (Å²) in [6, 6.07) is 6.46. The average Bonchev–Trinajstić information content (AvgIpc) is 2.92. The van der Waals surface area contributed by atoms with Crippen LogP contribution in [-0.4, -0.2) is 32.3 Å². The van der Waals surface area contributed by atoms with E-state index in [1.54, 1.807) is 0 Å². The summed E-state index contributed by atoms with van der Waals surface area (Å²) in [4.78, 5) is 27.2. The van der Waals surface area contributed by atoms with Gasteiger partial charge in [0.15, 0.2) is 0 Å². The Balaban J connectivity index is 1.70. The van der Waals surface area contributed by atoms with Gasteiger partial charge in [0, 0.05) is 23.5 Å². The molecule has 0 fully saturated rings. The summed E-state index contributed by atoms with van der Waals surface area (Å²) in [5, 5.41) is 3.61. The average molecular weight is 527 g/mol. The SMILES string of the molecule is CC1(C)C(=O)N(c2cc(OC(F)(F)F)ccc2F)c2ccc(C(=O)N[C@@]3(C)CC=CS(=O)(=O)N3)cc21. The van der Waals surface area contributed by atoms with Crippen LogP contribution in [0.25, 0.3) is 0 Å². The van der Waals surface area contributed by atoms with Crippen LogP contribution in [0.4, 0.5) is 28.9 Å². The van der Waals surface area contributed by atoms with Crippen LogP contribution in [0.15, 0.2) is 47.9 Å². The lowest BCUT2D eigenvalue weighted by Gasteiger charge is -2.32. The molecule has 0 saturated heterocycles. The molecule has 2 aromatic carbocycles. The first-order chi connectivity index (χ1) is 16.5. The molecule has 2 amide bonds. The van der Waals surface area contributed by atoms with Crippen LogP contribution in [0, 0.1) is 5.82 Å². The van der Waals surface area contributed by atoms with E-state index in [0.29, 0.717) is 5.56 Å². The Hall–Kier alpha value is -3.45. The van der Waals surface area contributed by atoms with E-state index in [-0.39, 0.29) is 17.7 Å². The van der Waals surface area contributed by atoms with Crippen molar-refractivity contribution in [2.45, 2.75) is 44.6 Å². The van der Waals surface area contributed by atoms with Crippen LogP contribution in [0.1, 0.15) is 43.1 Å². The monoisotopic (exact) mass is 527 g/mol. The number of anilines is 2. The lowest BCUT2D eigenvalue weighted by molar-refractivity contribution is -0.274. The zero-order valence-electron chi connectivity index (χ0n) is 19.2. The Morgan fingerprint density at radius 2 is 1.81 bits per heavy atom. The fourth-order valence-corrected chi connectivity index (χ4v) is 5.36. The number of ether oxygens (including phenoxy) is 1. The molecule has 0 saturated carbocycles. The van der Waals surface area contributed by atoms with Crippen molar-refractivity contribution >= 4 is 33.2 Å². The summed E-state index contributed by atoms with van der Waals surface area (Å²) in [7, 11) is -3.72. The van der Waals surface area contributed by atoms with E-state index in [4.69, 9.17) is 0 Å². The minimum atomic E-state index is -5.01. The zero-order chi connectivity index (χ0) is 26.7. The molecule has 2 heterocycles. The van der Waals surface area contributed by atoms with Crippen LogP contribution in [-0.2, 0) is 20.2 Å². The van der Waals surface area contributed by atoms with Gasteiger partial charge in [0.25, 0.3) is 5.91 Å². The van der Waals surface area contributed by atoms with Gasteiger partial charge in [0.2, 0.25) is 15.9 Å². The maximum atomic E-state index is 14.7. The third-order valence-corrected chi connectivity index (χ3v) is 7.15. The highest BCUT2D eigenvalue weighted by Crippen LogP contribution is 2.47. The predicted octanol–water partition coefficient (Wildman–Crippen LogP) is 3.96. The maximum absolute atomic E-state index is 14.7. The van der Waals surface area contributed by atoms with Crippen LogP contribution in [0.5, 0.6) is 5.75 Å². The Bertz CT molecular complexity index is 1400. The second kappa shape index (κ2) is 8.30. The smallest absolute Gasteiger partial charge is 0.406 e. The number of halogens is 4. The normalized spacial score (nSPS) is 22.3. The highest BCUT2D eigenvalue weighted by atomic mass is 32.2. The number of hydrogen-bond donors (Lipinski definition) is 2. The highest BCUT2D eigenvalue weighted by molar-refractivity contribution is 7.92. The molecule has 0 aliphatic carbocycles. The third-order valence-electron chi connectivity index (χ3n) is 5.86. The summed E-state index contributed by atoms with van der Waals surface area (Å²) in [5.74, 6) is -2.91. The van der Waals surface area contributed by atoms with E-state index in [2.05, 4.69) is 14.8 Å². The van der Waals surface area contributed by atoms with Gasteiger partial charge in [-0.1, -0.05) is 6.08 Å². The number of nitrogens with one attached hydrogen (secondary N) is 2. The molecule has 4 rings (SSSR count). The van der Waals surface area contributed by atoms with Crippen molar-refractivity contribution in [2.24, 2.45) is 0 Å². The molecular weight excluding hydrogens is 506 g/mol. The number of benzene rings is 2.